The number of aliphatic carboxylic acids is 1. The van der Waals surface area contributed by atoms with Crippen LogP contribution in [0.3, 0.4) is 0 Å². The van der Waals surface area contributed by atoms with Crippen LogP contribution in [-0.2, 0) is 9.59 Å². The summed E-state index contributed by atoms with van der Waals surface area (Å²) in [5, 5.41) is 10.9. The van der Waals surface area contributed by atoms with Crippen LogP contribution in [0.15, 0.2) is 36.5 Å². The molecule has 1 heterocycles. The van der Waals surface area contributed by atoms with E-state index in [-0.39, 0.29) is 12.5 Å². The van der Waals surface area contributed by atoms with E-state index < -0.39 is 5.97 Å². The Balaban J connectivity index is 2.48. The molecule has 1 N–H and O–H groups in total. The summed E-state index contributed by atoms with van der Waals surface area (Å²) in [7, 11) is 0. The molecule has 1 aromatic carbocycles. The summed E-state index contributed by atoms with van der Waals surface area (Å²) in [4.78, 5) is 22.2. The molecule has 0 bridgehead atoms. The summed E-state index contributed by atoms with van der Waals surface area (Å²) < 4.78 is 1.56. The van der Waals surface area contributed by atoms with Crippen LogP contribution in [0.4, 0.5) is 0 Å². The summed E-state index contributed by atoms with van der Waals surface area (Å²) in [6, 6.07) is 9.32. The van der Waals surface area contributed by atoms with Crippen molar-refractivity contribution in [2.24, 2.45) is 0 Å². The average molecular weight is 232 g/mol. The van der Waals surface area contributed by atoms with Crippen LogP contribution in [-0.4, -0.2) is 28.2 Å². The third kappa shape index (κ3) is 2.13. The first kappa shape index (κ1) is 11.2. The SMILES string of the molecule is CC(=O)N(CC(=O)O)n1ccc2ccccc21. The maximum Gasteiger partial charge on any atom is 0.325 e. The first-order chi connectivity index (χ1) is 8.09. The number of rotatable bonds is 3. The van der Waals surface area contributed by atoms with Gasteiger partial charge in [0.25, 0.3) is 0 Å². The highest BCUT2D eigenvalue weighted by atomic mass is 16.4. The van der Waals surface area contributed by atoms with E-state index in [1.165, 1.54) is 11.9 Å². The number of carbonyl (C=O) groups excluding carboxylic acids is 1. The topological polar surface area (TPSA) is 62.5 Å². The van der Waals surface area contributed by atoms with Gasteiger partial charge < -0.3 is 5.11 Å². The van der Waals surface area contributed by atoms with Crippen LogP contribution >= 0.6 is 0 Å². The summed E-state index contributed by atoms with van der Waals surface area (Å²) >= 11 is 0. The van der Waals surface area contributed by atoms with Gasteiger partial charge in [-0.25, -0.2) is 5.01 Å². The lowest BCUT2D eigenvalue weighted by Crippen LogP contribution is -2.42. The molecule has 5 nitrogen and oxygen atoms in total. The Morgan fingerprint density at radius 2 is 2.00 bits per heavy atom. The van der Waals surface area contributed by atoms with Crippen LogP contribution in [0.2, 0.25) is 0 Å². The number of aromatic nitrogens is 1. The Labute approximate surface area is 97.8 Å². The molecular weight excluding hydrogens is 220 g/mol. The Bertz CT molecular complexity index is 574. The van der Waals surface area contributed by atoms with Crippen molar-refractivity contribution in [3.63, 3.8) is 0 Å². The van der Waals surface area contributed by atoms with Gasteiger partial charge in [0, 0.05) is 18.5 Å². The Hall–Kier alpha value is -2.30. The van der Waals surface area contributed by atoms with Crippen molar-refractivity contribution >= 4 is 22.8 Å². The smallest absolute Gasteiger partial charge is 0.325 e. The predicted octanol–water partition coefficient (Wildman–Crippen LogP) is 1.21. The van der Waals surface area contributed by atoms with Crippen LogP contribution in [0.25, 0.3) is 10.9 Å². The van der Waals surface area contributed by atoms with Crippen LogP contribution in [0.5, 0.6) is 0 Å². The standard InChI is InChI=1S/C12H12N2O3/c1-9(15)14(8-12(16)17)13-7-6-10-4-2-3-5-11(10)13/h2-7H,8H2,1H3,(H,16,17). The van der Waals surface area contributed by atoms with Gasteiger partial charge in [-0.05, 0) is 12.1 Å². The van der Waals surface area contributed by atoms with E-state index in [1.807, 2.05) is 30.3 Å². The second-order valence-corrected chi connectivity index (χ2v) is 3.69. The zero-order valence-corrected chi connectivity index (χ0v) is 9.33. The van der Waals surface area contributed by atoms with Gasteiger partial charge in [-0.3, -0.25) is 14.3 Å². The van der Waals surface area contributed by atoms with Crippen molar-refractivity contribution in [1.29, 1.82) is 0 Å². The van der Waals surface area contributed by atoms with E-state index in [0.29, 0.717) is 0 Å². The number of carbonyl (C=O) groups is 2. The van der Waals surface area contributed by atoms with Crippen molar-refractivity contribution in [3.8, 4) is 0 Å². The predicted molar refractivity (Wildman–Crippen MR) is 63.3 cm³/mol. The maximum atomic E-state index is 11.5. The Kier molecular flexibility index (Phi) is 2.82. The molecule has 0 atom stereocenters. The lowest BCUT2D eigenvalue weighted by Gasteiger charge is -2.21. The van der Waals surface area contributed by atoms with Gasteiger partial charge in [-0.15, -0.1) is 0 Å². The zero-order chi connectivity index (χ0) is 12.4. The van der Waals surface area contributed by atoms with Gasteiger partial charge >= 0.3 is 5.97 Å². The van der Waals surface area contributed by atoms with E-state index in [4.69, 9.17) is 5.11 Å². The lowest BCUT2D eigenvalue weighted by molar-refractivity contribution is -0.137. The molecule has 2 rings (SSSR count). The van der Waals surface area contributed by atoms with E-state index in [1.54, 1.807) is 10.9 Å². The number of carboxylic acids is 1. The molecule has 0 aliphatic rings. The minimum Gasteiger partial charge on any atom is -0.480 e. The molecular formula is C12H12N2O3. The number of hydrogen-bond donors (Lipinski definition) is 1. The maximum absolute atomic E-state index is 11.5. The third-order valence-corrected chi connectivity index (χ3v) is 2.49. The minimum absolute atomic E-state index is 0.311. The van der Waals surface area contributed by atoms with Crippen LogP contribution < -0.4 is 5.01 Å². The number of fused-ring (bicyclic) bond motifs is 1. The number of hydrogen-bond acceptors (Lipinski definition) is 2. The number of benzene rings is 1. The summed E-state index contributed by atoms with van der Waals surface area (Å²) in [6.45, 7) is 0.992. The van der Waals surface area contributed by atoms with Crippen molar-refractivity contribution < 1.29 is 14.7 Å². The third-order valence-electron chi connectivity index (χ3n) is 2.49. The molecule has 0 aliphatic carbocycles. The molecule has 0 saturated carbocycles. The van der Waals surface area contributed by atoms with E-state index in [2.05, 4.69) is 0 Å². The van der Waals surface area contributed by atoms with Gasteiger partial charge in [0.2, 0.25) is 5.91 Å². The average Bonchev–Trinajstić information content (AvgIpc) is 2.69. The first-order valence-corrected chi connectivity index (χ1v) is 5.16. The molecule has 0 radical (unpaired) electrons. The minimum atomic E-state index is -1.04. The second-order valence-electron chi connectivity index (χ2n) is 3.69. The Morgan fingerprint density at radius 3 is 2.65 bits per heavy atom. The molecule has 88 valence electrons. The molecule has 0 fully saturated rings. The molecule has 0 unspecified atom stereocenters. The molecule has 5 heteroatoms. The molecule has 0 spiro atoms. The zero-order valence-electron chi connectivity index (χ0n) is 9.33. The summed E-state index contributed by atoms with van der Waals surface area (Å²) in [5.74, 6) is -1.35. The molecule has 2 aromatic rings. The van der Waals surface area contributed by atoms with E-state index in [9.17, 15) is 9.59 Å². The monoisotopic (exact) mass is 232 g/mol. The Morgan fingerprint density at radius 1 is 1.29 bits per heavy atom. The number of nitrogens with zero attached hydrogens (tertiary/aromatic N) is 2. The molecule has 1 amide bonds. The molecule has 0 aliphatic heterocycles. The van der Waals surface area contributed by atoms with Gasteiger partial charge in [0.15, 0.2) is 0 Å². The van der Waals surface area contributed by atoms with E-state index >= 15 is 0 Å². The van der Waals surface area contributed by atoms with Gasteiger partial charge in [0.1, 0.15) is 6.54 Å². The molecule has 17 heavy (non-hydrogen) atoms. The fraction of sp³-hybridized carbons (Fsp3) is 0.167. The first-order valence-electron chi connectivity index (χ1n) is 5.16. The van der Waals surface area contributed by atoms with E-state index in [0.717, 1.165) is 10.9 Å². The normalized spacial score (nSPS) is 10.4. The highest BCUT2D eigenvalue weighted by Crippen LogP contribution is 2.15. The van der Waals surface area contributed by atoms with Crippen molar-refractivity contribution in [2.75, 3.05) is 11.6 Å². The summed E-state index contributed by atoms with van der Waals surface area (Å²) in [6.07, 6.45) is 1.69. The van der Waals surface area contributed by atoms with Gasteiger partial charge in [-0.1, -0.05) is 18.2 Å². The highest BCUT2D eigenvalue weighted by Gasteiger charge is 2.16. The van der Waals surface area contributed by atoms with Crippen LogP contribution in [0, 0.1) is 0 Å². The summed E-state index contributed by atoms with van der Waals surface area (Å²) in [5.41, 5.74) is 0.809. The fourth-order valence-corrected chi connectivity index (χ4v) is 1.75. The lowest BCUT2D eigenvalue weighted by atomic mass is 10.3. The van der Waals surface area contributed by atoms with Crippen molar-refractivity contribution in [2.45, 2.75) is 6.92 Å². The second kappa shape index (κ2) is 4.29. The quantitative estimate of drug-likeness (QED) is 0.865. The van der Waals surface area contributed by atoms with Gasteiger partial charge in [0.05, 0.1) is 5.52 Å². The van der Waals surface area contributed by atoms with Crippen LogP contribution in [0.1, 0.15) is 6.92 Å². The van der Waals surface area contributed by atoms with Crippen molar-refractivity contribution in [3.05, 3.63) is 36.5 Å². The fourth-order valence-electron chi connectivity index (χ4n) is 1.75. The number of amides is 1. The number of para-hydroxylation sites is 1. The molecule has 1 aromatic heterocycles. The molecule has 0 saturated heterocycles. The highest BCUT2D eigenvalue weighted by molar-refractivity contribution is 5.91. The number of carboxylic acid groups (broad SMARTS) is 1. The van der Waals surface area contributed by atoms with Gasteiger partial charge in [-0.2, -0.15) is 0 Å². The largest absolute Gasteiger partial charge is 0.480 e. The van der Waals surface area contributed by atoms with Crippen molar-refractivity contribution in [1.82, 2.24) is 4.68 Å².